The monoisotopic (exact) mass is 652 g/mol. The molecule has 2 aliphatic heterocycles. The van der Waals surface area contributed by atoms with E-state index >= 15 is 0 Å². The van der Waals surface area contributed by atoms with Gasteiger partial charge in [-0.2, -0.15) is 0 Å². The Balaban J connectivity index is 1.36. The third-order valence-electron chi connectivity index (χ3n) is 8.49. The van der Waals surface area contributed by atoms with Gasteiger partial charge < -0.3 is 60.1 Å². The smallest absolute Gasteiger partial charge is 0.155 e. The summed E-state index contributed by atoms with van der Waals surface area (Å²) >= 11 is 0. The zero-order valence-electron chi connectivity index (χ0n) is 26.8. The van der Waals surface area contributed by atoms with Gasteiger partial charge in [0.2, 0.25) is 0 Å². The van der Waals surface area contributed by atoms with Gasteiger partial charge in [0.05, 0.1) is 32.0 Å². The number of aliphatic hydroxyl groups is 6. The van der Waals surface area contributed by atoms with Crippen LogP contribution in [0.1, 0.15) is 38.7 Å². The van der Waals surface area contributed by atoms with Crippen molar-refractivity contribution in [2.45, 2.75) is 101 Å². The molecule has 13 heteroatoms. The van der Waals surface area contributed by atoms with Crippen molar-refractivity contribution >= 4 is 10.8 Å². The van der Waals surface area contributed by atoms with Gasteiger partial charge in [-0.15, -0.1) is 0 Å². The number of rotatable bonds is 17. The number of aryl methyl sites for hydroxylation is 1. The van der Waals surface area contributed by atoms with Crippen molar-refractivity contribution < 1.29 is 54.3 Å². The summed E-state index contributed by atoms with van der Waals surface area (Å²) in [6.07, 6.45) is -7.78. The van der Waals surface area contributed by atoms with Crippen molar-refractivity contribution in [2.75, 3.05) is 46.0 Å². The minimum absolute atomic E-state index is 0.0435. The molecule has 0 spiro atoms. The molecule has 10 atom stereocenters. The van der Waals surface area contributed by atoms with Crippen LogP contribution in [-0.4, -0.2) is 143 Å². The van der Waals surface area contributed by atoms with Gasteiger partial charge in [-0.05, 0) is 74.5 Å². The van der Waals surface area contributed by atoms with E-state index in [1.54, 1.807) is 18.7 Å². The van der Waals surface area contributed by atoms with Gasteiger partial charge in [-0.3, -0.25) is 4.90 Å². The van der Waals surface area contributed by atoms with E-state index in [2.05, 4.69) is 18.2 Å². The molecule has 2 aliphatic rings. The van der Waals surface area contributed by atoms with Gasteiger partial charge in [0.1, 0.15) is 42.4 Å². The molecule has 46 heavy (non-hydrogen) atoms. The van der Waals surface area contributed by atoms with Crippen LogP contribution in [0.15, 0.2) is 36.4 Å². The Kier molecular flexibility index (Phi) is 14.4. The van der Waals surface area contributed by atoms with E-state index in [1.165, 1.54) is 5.56 Å². The molecule has 4 rings (SSSR count). The summed E-state index contributed by atoms with van der Waals surface area (Å²) in [6.45, 7) is 4.31. The Labute approximate surface area is 270 Å². The lowest BCUT2D eigenvalue weighted by Crippen LogP contribution is -2.57. The molecule has 8 N–H and O–H groups in total. The second-order valence-electron chi connectivity index (χ2n) is 12.3. The number of hydrogen-bond acceptors (Lipinski definition) is 13. The van der Waals surface area contributed by atoms with E-state index in [4.69, 9.17) is 29.4 Å². The van der Waals surface area contributed by atoms with E-state index < -0.39 is 61.4 Å². The molecule has 2 saturated heterocycles. The number of benzene rings is 2. The van der Waals surface area contributed by atoms with Gasteiger partial charge in [-0.25, -0.2) is 0 Å². The van der Waals surface area contributed by atoms with Crippen molar-refractivity contribution in [3.05, 3.63) is 42.0 Å². The number of aliphatic hydroxyl groups excluding tert-OH is 6. The Morgan fingerprint density at radius 1 is 0.804 bits per heavy atom. The van der Waals surface area contributed by atoms with Gasteiger partial charge in [-0.1, -0.05) is 24.3 Å². The zero-order chi connectivity index (χ0) is 33.2. The lowest BCUT2D eigenvalue weighted by Gasteiger charge is -2.39. The first-order valence-electron chi connectivity index (χ1n) is 16.3. The summed E-state index contributed by atoms with van der Waals surface area (Å²) in [6, 6.07) is 12.3. The van der Waals surface area contributed by atoms with E-state index in [0.29, 0.717) is 31.9 Å². The van der Waals surface area contributed by atoms with Crippen molar-refractivity contribution in [2.24, 2.45) is 5.73 Å². The summed E-state index contributed by atoms with van der Waals surface area (Å²) in [5.74, 6) is 0.709. The summed E-state index contributed by atoms with van der Waals surface area (Å²) < 4.78 is 27.5. The number of ether oxygens (including phenoxy) is 5. The van der Waals surface area contributed by atoms with Gasteiger partial charge in [0, 0.05) is 19.6 Å². The van der Waals surface area contributed by atoms with Crippen molar-refractivity contribution in [1.82, 2.24) is 4.90 Å². The molecular formula is C33H52N2O11. The molecule has 0 saturated carbocycles. The summed E-state index contributed by atoms with van der Waals surface area (Å²) in [7, 11) is 0. The molecule has 2 aromatic carbocycles. The molecule has 0 amide bonds. The van der Waals surface area contributed by atoms with Gasteiger partial charge >= 0.3 is 0 Å². The molecule has 0 bridgehead atoms. The highest BCUT2D eigenvalue weighted by molar-refractivity contribution is 5.84. The number of hydrogen-bond donors (Lipinski definition) is 7. The first-order chi connectivity index (χ1) is 22.0. The fourth-order valence-corrected chi connectivity index (χ4v) is 5.89. The normalized spacial score (nSPS) is 28.2. The molecule has 2 unspecified atom stereocenters. The number of fused-ring (bicyclic) bond motifs is 1. The topological polar surface area (TPSA) is 197 Å². The Bertz CT molecular complexity index is 1150. The molecule has 260 valence electrons. The lowest BCUT2D eigenvalue weighted by atomic mass is 10.00. The van der Waals surface area contributed by atoms with E-state index in [-0.39, 0.29) is 26.3 Å². The van der Waals surface area contributed by atoms with Crippen molar-refractivity contribution in [1.29, 1.82) is 0 Å². The quantitative estimate of drug-likeness (QED) is 0.112. The standard InChI is InChI=1S/C33H52N2O11/c1-20-43-18-28(38)32(45-20)30(40)26(36)16-35(17-27(37)31(41)33-29(39)19-44-21(2)46-33)12-5-13-42-25-10-9-23-14-22(6-3-4-11-34)7-8-24(23)15-25/h7-10,14-15,20-21,26-33,36-41H,3-6,11-13,16-19,34H2,1-2H3/t20-,21-,26+,27+,28?,29?,30-,31-,32-,33-/m1/s1. The van der Waals surface area contributed by atoms with E-state index in [9.17, 15) is 30.6 Å². The molecule has 13 nitrogen and oxygen atoms in total. The van der Waals surface area contributed by atoms with Crippen LogP contribution in [0.2, 0.25) is 0 Å². The molecule has 0 radical (unpaired) electrons. The zero-order valence-corrected chi connectivity index (χ0v) is 26.8. The van der Waals surface area contributed by atoms with E-state index in [1.807, 2.05) is 18.2 Å². The Morgan fingerprint density at radius 3 is 1.96 bits per heavy atom. The fraction of sp³-hybridized carbons (Fsp3) is 0.697. The van der Waals surface area contributed by atoms with Crippen LogP contribution in [0.25, 0.3) is 10.8 Å². The third kappa shape index (κ3) is 10.5. The predicted molar refractivity (Wildman–Crippen MR) is 169 cm³/mol. The number of nitrogens with two attached hydrogens (primary N) is 1. The summed E-state index contributed by atoms with van der Waals surface area (Å²) in [5, 5.41) is 66.3. The minimum Gasteiger partial charge on any atom is -0.494 e. The maximum atomic E-state index is 11.0. The van der Waals surface area contributed by atoms with Crippen LogP contribution in [0, 0.1) is 0 Å². The van der Waals surface area contributed by atoms with Crippen LogP contribution < -0.4 is 10.5 Å². The van der Waals surface area contributed by atoms with Gasteiger partial charge in [0.15, 0.2) is 12.6 Å². The SMILES string of the molecule is C[C@@H]1OCC(O)[C@H]([C@H](O)[C@@H](O)CN(CCCOc2ccc3cc(CCCCN)ccc3c2)C[C@H](O)[C@@H](O)[C@@H]2O[C@H](C)OCC2O)O1. The van der Waals surface area contributed by atoms with Crippen LogP contribution in [0.4, 0.5) is 0 Å². The van der Waals surface area contributed by atoms with Crippen LogP contribution in [-0.2, 0) is 25.4 Å². The molecule has 0 aliphatic carbocycles. The molecule has 2 heterocycles. The molecule has 2 aromatic rings. The van der Waals surface area contributed by atoms with Crippen LogP contribution in [0.5, 0.6) is 5.75 Å². The second-order valence-corrected chi connectivity index (χ2v) is 12.3. The summed E-state index contributed by atoms with van der Waals surface area (Å²) in [4.78, 5) is 1.68. The fourth-order valence-electron chi connectivity index (χ4n) is 5.89. The summed E-state index contributed by atoms with van der Waals surface area (Å²) in [5.41, 5.74) is 6.89. The molecule has 0 aromatic heterocycles. The molecular weight excluding hydrogens is 600 g/mol. The lowest BCUT2D eigenvalue weighted by molar-refractivity contribution is -0.274. The Morgan fingerprint density at radius 2 is 1.37 bits per heavy atom. The number of unbranched alkanes of at least 4 members (excludes halogenated alkanes) is 1. The van der Waals surface area contributed by atoms with Crippen LogP contribution >= 0.6 is 0 Å². The van der Waals surface area contributed by atoms with Gasteiger partial charge in [0.25, 0.3) is 0 Å². The van der Waals surface area contributed by atoms with Crippen molar-refractivity contribution in [3.8, 4) is 5.75 Å². The highest BCUT2D eigenvalue weighted by Gasteiger charge is 2.40. The average Bonchev–Trinajstić information content (AvgIpc) is 3.04. The maximum absolute atomic E-state index is 11.0. The number of nitrogens with zero attached hydrogens (tertiary/aromatic N) is 1. The van der Waals surface area contributed by atoms with Crippen molar-refractivity contribution in [3.63, 3.8) is 0 Å². The first kappa shape index (κ1) is 36.8. The average molecular weight is 653 g/mol. The minimum atomic E-state index is -1.44. The van der Waals surface area contributed by atoms with E-state index in [0.717, 1.165) is 30.0 Å². The first-order valence-corrected chi connectivity index (χ1v) is 16.3. The second kappa shape index (κ2) is 18.0. The molecule has 2 fully saturated rings. The Hall–Kier alpha value is -1.98. The maximum Gasteiger partial charge on any atom is 0.155 e. The highest BCUT2D eigenvalue weighted by Crippen LogP contribution is 2.24. The largest absolute Gasteiger partial charge is 0.494 e. The highest BCUT2D eigenvalue weighted by atomic mass is 16.7. The van der Waals surface area contributed by atoms with Crippen LogP contribution in [0.3, 0.4) is 0 Å². The third-order valence-corrected chi connectivity index (χ3v) is 8.49. The predicted octanol–water partition coefficient (Wildman–Crippen LogP) is -0.120.